The summed E-state index contributed by atoms with van der Waals surface area (Å²) in [6.07, 6.45) is 0. The van der Waals surface area contributed by atoms with E-state index in [1.54, 1.807) is 6.07 Å². The molecule has 0 spiro atoms. The highest BCUT2D eigenvalue weighted by Crippen LogP contribution is 2.22. The molecule has 110 valence electrons. The van der Waals surface area contributed by atoms with Crippen molar-refractivity contribution in [2.45, 2.75) is 0 Å². The average molecular weight is 376 g/mol. The molecule has 2 aromatic rings. The van der Waals surface area contributed by atoms with Crippen LogP contribution >= 0.6 is 27.5 Å². The minimum atomic E-state index is -0.493. The molecule has 0 atom stereocenters. The van der Waals surface area contributed by atoms with Crippen molar-refractivity contribution in [2.24, 2.45) is 0 Å². The van der Waals surface area contributed by atoms with Crippen molar-refractivity contribution in [1.29, 1.82) is 0 Å². The summed E-state index contributed by atoms with van der Waals surface area (Å²) in [5.41, 5.74) is 0.500. The monoisotopic (exact) mass is 374 g/mol. The SMILES string of the molecule is O=C(CNc1ccc(Br)cc1F)Nc1ccc(F)cc1Cl. The predicted octanol–water partition coefficient (Wildman–Crippen LogP) is 4.43. The van der Waals surface area contributed by atoms with Gasteiger partial charge in [0.1, 0.15) is 11.6 Å². The Balaban J connectivity index is 1.96. The first kappa shape index (κ1) is 15.7. The fraction of sp³-hybridized carbons (Fsp3) is 0.0714. The first-order valence-electron chi connectivity index (χ1n) is 5.89. The normalized spacial score (nSPS) is 10.3. The minimum absolute atomic E-state index is 0.0955. The highest BCUT2D eigenvalue weighted by atomic mass is 79.9. The molecule has 0 unspecified atom stereocenters. The van der Waals surface area contributed by atoms with Crippen LogP contribution in [0.25, 0.3) is 0 Å². The lowest BCUT2D eigenvalue weighted by atomic mass is 10.3. The van der Waals surface area contributed by atoms with Crippen LogP contribution < -0.4 is 10.6 Å². The Morgan fingerprint density at radius 1 is 1.14 bits per heavy atom. The molecule has 0 heterocycles. The molecule has 7 heteroatoms. The third-order valence-electron chi connectivity index (χ3n) is 2.58. The maximum atomic E-state index is 13.5. The number of hydrogen-bond donors (Lipinski definition) is 2. The fourth-order valence-corrected chi connectivity index (χ4v) is 2.14. The summed E-state index contributed by atoms with van der Waals surface area (Å²) in [5, 5.41) is 5.27. The maximum Gasteiger partial charge on any atom is 0.243 e. The number of carbonyl (C=O) groups is 1. The van der Waals surface area contributed by atoms with Gasteiger partial charge < -0.3 is 10.6 Å². The van der Waals surface area contributed by atoms with Crippen molar-refractivity contribution in [2.75, 3.05) is 17.2 Å². The van der Waals surface area contributed by atoms with Gasteiger partial charge in [-0.2, -0.15) is 0 Å². The number of anilines is 2. The van der Waals surface area contributed by atoms with Crippen LogP contribution in [0.15, 0.2) is 40.9 Å². The second-order valence-electron chi connectivity index (χ2n) is 4.15. The van der Waals surface area contributed by atoms with Crippen molar-refractivity contribution in [3.8, 4) is 0 Å². The third kappa shape index (κ3) is 4.41. The van der Waals surface area contributed by atoms with E-state index < -0.39 is 17.5 Å². The summed E-state index contributed by atoms with van der Waals surface area (Å²) in [7, 11) is 0. The number of nitrogens with one attached hydrogen (secondary N) is 2. The van der Waals surface area contributed by atoms with Gasteiger partial charge in [0, 0.05) is 4.47 Å². The molecule has 0 aromatic heterocycles. The number of benzene rings is 2. The van der Waals surface area contributed by atoms with E-state index >= 15 is 0 Å². The first-order valence-corrected chi connectivity index (χ1v) is 7.06. The number of halogens is 4. The average Bonchev–Trinajstić information content (AvgIpc) is 2.41. The molecule has 0 bridgehead atoms. The minimum Gasteiger partial charge on any atom is -0.374 e. The molecular formula is C14H10BrClF2N2O. The van der Waals surface area contributed by atoms with Gasteiger partial charge in [-0.05, 0) is 36.4 Å². The largest absolute Gasteiger partial charge is 0.374 e. The van der Waals surface area contributed by atoms with Crippen LogP contribution in [-0.2, 0) is 4.79 Å². The molecule has 0 radical (unpaired) electrons. The van der Waals surface area contributed by atoms with Crippen molar-refractivity contribution >= 4 is 44.8 Å². The van der Waals surface area contributed by atoms with E-state index in [9.17, 15) is 13.6 Å². The smallest absolute Gasteiger partial charge is 0.243 e. The summed E-state index contributed by atoms with van der Waals surface area (Å²) in [4.78, 5) is 11.7. The molecule has 2 rings (SSSR count). The van der Waals surface area contributed by atoms with Crippen LogP contribution in [0.3, 0.4) is 0 Å². The molecule has 3 nitrogen and oxygen atoms in total. The van der Waals surface area contributed by atoms with Gasteiger partial charge in [0.15, 0.2) is 0 Å². The number of hydrogen-bond acceptors (Lipinski definition) is 2. The quantitative estimate of drug-likeness (QED) is 0.830. The van der Waals surface area contributed by atoms with Crippen LogP contribution in [0.4, 0.5) is 20.2 Å². The molecule has 0 saturated heterocycles. The van der Waals surface area contributed by atoms with E-state index in [0.29, 0.717) is 10.2 Å². The Morgan fingerprint density at radius 3 is 2.52 bits per heavy atom. The van der Waals surface area contributed by atoms with Gasteiger partial charge in [-0.3, -0.25) is 4.79 Å². The molecule has 1 amide bonds. The Kier molecular flexibility index (Phi) is 5.14. The fourth-order valence-electron chi connectivity index (χ4n) is 1.59. The van der Waals surface area contributed by atoms with Gasteiger partial charge in [-0.15, -0.1) is 0 Å². The first-order chi connectivity index (χ1) is 9.95. The van der Waals surface area contributed by atoms with Gasteiger partial charge in [0.05, 0.1) is 22.9 Å². The third-order valence-corrected chi connectivity index (χ3v) is 3.38. The Bertz CT molecular complexity index is 682. The Labute approximate surface area is 133 Å². The highest BCUT2D eigenvalue weighted by Gasteiger charge is 2.08. The zero-order valence-electron chi connectivity index (χ0n) is 10.6. The summed E-state index contributed by atoms with van der Waals surface area (Å²) in [6.45, 7) is -0.147. The zero-order chi connectivity index (χ0) is 15.4. The molecule has 0 aliphatic rings. The van der Waals surface area contributed by atoms with Crippen LogP contribution in [-0.4, -0.2) is 12.5 Å². The Morgan fingerprint density at radius 2 is 1.86 bits per heavy atom. The number of amides is 1. The van der Waals surface area contributed by atoms with Gasteiger partial charge in [-0.1, -0.05) is 27.5 Å². The second-order valence-corrected chi connectivity index (χ2v) is 5.47. The lowest BCUT2D eigenvalue weighted by Gasteiger charge is -2.10. The predicted molar refractivity (Wildman–Crippen MR) is 82.6 cm³/mol. The van der Waals surface area contributed by atoms with E-state index in [4.69, 9.17) is 11.6 Å². The standard InChI is InChI=1S/C14H10BrClF2N2O/c15-8-1-3-13(11(18)5-8)19-7-14(21)20-12-4-2-9(17)6-10(12)16/h1-6,19H,7H2,(H,20,21). The van der Waals surface area contributed by atoms with Crippen molar-refractivity contribution < 1.29 is 13.6 Å². The molecule has 2 N–H and O–H groups in total. The lowest BCUT2D eigenvalue weighted by molar-refractivity contribution is -0.114. The molecule has 0 aliphatic heterocycles. The van der Waals surface area contributed by atoms with Gasteiger partial charge in [0.2, 0.25) is 5.91 Å². The van der Waals surface area contributed by atoms with Crippen LogP contribution in [0.5, 0.6) is 0 Å². The molecule has 2 aromatic carbocycles. The van der Waals surface area contributed by atoms with Crippen molar-refractivity contribution in [3.05, 3.63) is 57.5 Å². The summed E-state index contributed by atoms with van der Waals surface area (Å²) >= 11 is 8.94. The Hall–Kier alpha value is -1.66. The maximum absolute atomic E-state index is 13.5. The van der Waals surface area contributed by atoms with E-state index in [1.165, 1.54) is 24.3 Å². The van der Waals surface area contributed by atoms with Crippen LogP contribution in [0, 0.1) is 11.6 Å². The van der Waals surface area contributed by atoms with Gasteiger partial charge in [0.25, 0.3) is 0 Å². The number of rotatable bonds is 4. The molecular weight excluding hydrogens is 366 g/mol. The molecule has 21 heavy (non-hydrogen) atoms. The summed E-state index contributed by atoms with van der Waals surface area (Å²) < 4.78 is 27.0. The molecule has 0 saturated carbocycles. The van der Waals surface area contributed by atoms with Crippen molar-refractivity contribution in [1.82, 2.24) is 0 Å². The topological polar surface area (TPSA) is 41.1 Å². The second kappa shape index (κ2) is 6.87. The number of carbonyl (C=O) groups excluding carboxylic acids is 1. The van der Waals surface area contributed by atoms with Gasteiger partial charge in [-0.25, -0.2) is 8.78 Å². The summed E-state index contributed by atoms with van der Waals surface area (Å²) in [6, 6.07) is 8.09. The highest BCUT2D eigenvalue weighted by molar-refractivity contribution is 9.10. The molecule has 0 fully saturated rings. The van der Waals surface area contributed by atoms with E-state index in [-0.39, 0.29) is 17.3 Å². The van der Waals surface area contributed by atoms with Crippen molar-refractivity contribution in [3.63, 3.8) is 0 Å². The lowest BCUT2D eigenvalue weighted by Crippen LogP contribution is -2.22. The van der Waals surface area contributed by atoms with Gasteiger partial charge >= 0.3 is 0 Å². The zero-order valence-corrected chi connectivity index (χ0v) is 12.9. The summed E-state index contributed by atoms with van der Waals surface area (Å²) in [5.74, 6) is -1.39. The van der Waals surface area contributed by atoms with E-state index in [1.807, 2.05) is 0 Å². The molecule has 0 aliphatic carbocycles. The van der Waals surface area contributed by atoms with E-state index in [2.05, 4.69) is 26.6 Å². The van der Waals surface area contributed by atoms with E-state index in [0.717, 1.165) is 6.07 Å². The van der Waals surface area contributed by atoms with Crippen LogP contribution in [0.1, 0.15) is 0 Å². The van der Waals surface area contributed by atoms with Crippen LogP contribution in [0.2, 0.25) is 5.02 Å².